The van der Waals surface area contributed by atoms with Crippen molar-refractivity contribution in [3.05, 3.63) is 69.1 Å². The van der Waals surface area contributed by atoms with Gasteiger partial charge in [-0.3, -0.25) is 9.59 Å². The van der Waals surface area contributed by atoms with Gasteiger partial charge in [-0.2, -0.15) is 13.2 Å². The number of alkyl halides is 3. The van der Waals surface area contributed by atoms with E-state index in [2.05, 4.69) is 10.3 Å². The van der Waals surface area contributed by atoms with Crippen molar-refractivity contribution in [3.63, 3.8) is 0 Å². The lowest BCUT2D eigenvalue weighted by atomic mass is 9.76. The Morgan fingerprint density at radius 1 is 1.10 bits per heavy atom. The van der Waals surface area contributed by atoms with Gasteiger partial charge in [-0.25, -0.2) is 0 Å². The number of hydrogen-bond donors (Lipinski definition) is 2. The average molecular weight is 404 g/mol. The van der Waals surface area contributed by atoms with Crippen LogP contribution in [0.4, 0.5) is 13.2 Å². The van der Waals surface area contributed by atoms with Gasteiger partial charge >= 0.3 is 6.18 Å². The highest BCUT2D eigenvalue weighted by Crippen LogP contribution is 2.44. The molecule has 0 aliphatic heterocycles. The Morgan fingerprint density at radius 3 is 2.59 bits per heavy atom. The minimum absolute atomic E-state index is 0.174. The molecule has 1 fully saturated rings. The van der Waals surface area contributed by atoms with Crippen LogP contribution in [0.2, 0.25) is 0 Å². The molecule has 2 N–H and O–H groups in total. The molecule has 29 heavy (non-hydrogen) atoms. The summed E-state index contributed by atoms with van der Waals surface area (Å²) >= 11 is 0. The Labute approximate surface area is 166 Å². The zero-order valence-corrected chi connectivity index (χ0v) is 15.9. The van der Waals surface area contributed by atoms with E-state index in [9.17, 15) is 22.8 Å². The zero-order chi connectivity index (χ0) is 20.6. The molecular weight excluding hydrogens is 381 g/mol. The van der Waals surface area contributed by atoms with Crippen molar-refractivity contribution in [1.29, 1.82) is 0 Å². The van der Waals surface area contributed by atoms with Crippen LogP contribution in [0, 0.1) is 0 Å². The van der Waals surface area contributed by atoms with Crippen molar-refractivity contribution in [1.82, 2.24) is 10.3 Å². The SMILES string of the molecule is O=C(NC1CCCc2[nH]c(=O)ccc21)C1(c2cccc(C(F)(F)F)c2)CCCC1. The lowest BCUT2D eigenvalue weighted by Crippen LogP contribution is -2.45. The molecule has 1 amide bonds. The van der Waals surface area contributed by atoms with E-state index in [1.54, 1.807) is 12.1 Å². The van der Waals surface area contributed by atoms with Crippen molar-refractivity contribution in [3.8, 4) is 0 Å². The molecule has 0 saturated heterocycles. The molecule has 0 radical (unpaired) electrons. The summed E-state index contributed by atoms with van der Waals surface area (Å²) in [5, 5.41) is 3.09. The Morgan fingerprint density at radius 2 is 1.86 bits per heavy atom. The van der Waals surface area contributed by atoms with E-state index in [0.29, 0.717) is 18.4 Å². The van der Waals surface area contributed by atoms with Gasteiger partial charge in [0, 0.05) is 11.8 Å². The van der Waals surface area contributed by atoms with E-state index < -0.39 is 17.2 Å². The van der Waals surface area contributed by atoms with Crippen LogP contribution in [-0.4, -0.2) is 10.9 Å². The van der Waals surface area contributed by atoms with Gasteiger partial charge in [0.2, 0.25) is 11.5 Å². The average Bonchev–Trinajstić information content (AvgIpc) is 3.19. The van der Waals surface area contributed by atoms with Gasteiger partial charge in [0.1, 0.15) is 0 Å². The van der Waals surface area contributed by atoms with Gasteiger partial charge in [0.05, 0.1) is 17.0 Å². The molecule has 4 nitrogen and oxygen atoms in total. The topological polar surface area (TPSA) is 62.0 Å². The third kappa shape index (κ3) is 3.70. The van der Waals surface area contributed by atoms with Crippen LogP contribution in [0.5, 0.6) is 0 Å². The lowest BCUT2D eigenvalue weighted by Gasteiger charge is -2.33. The number of halogens is 3. The summed E-state index contributed by atoms with van der Waals surface area (Å²) in [5.74, 6) is -0.224. The molecule has 154 valence electrons. The monoisotopic (exact) mass is 404 g/mol. The van der Waals surface area contributed by atoms with Crippen molar-refractivity contribution in [2.75, 3.05) is 0 Å². The summed E-state index contributed by atoms with van der Waals surface area (Å²) in [4.78, 5) is 27.8. The number of aromatic nitrogens is 1. The van der Waals surface area contributed by atoms with E-state index in [1.165, 1.54) is 12.1 Å². The number of hydrogen-bond acceptors (Lipinski definition) is 2. The highest BCUT2D eigenvalue weighted by Gasteiger charge is 2.44. The molecule has 7 heteroatoms. The standard InChI is InChI=1S/C22H23F3N2O2/c23-22(24,25)15-6-3-5-14(13-15)21(11-1-2-12-21)20(29)27-18-8-4-7-17-16(18)9-10-19(28)26-17/h3,5-6,9-10,13,18H,1-2,4,7-8,11-12H2,(H,26,28)(H,27,29). The number of fused-ring (bicyclic) bond motifs is 1. The van der Waals surface area contributed by atoms with Crippen LogP contribution in [0.3, 0.4) is 0 Å². The van der Waals surface area contributed by atoms with Crippen molar-refractivity contribution >= 4 is 5.91 Å². The summed E-state index contributed by atoms with van der Waals surface area (Å²) in [6.45, 7) is 0. The Bertz CT molecular complexity index is 975. The summed E-state index contributed by atoms with van der Waals surface area (Å²) in [7, 11) is 0. The Hall–Kier alpha value is -2.57. The number of amides is 1. The van der Waals surface area contributed by atoms with Gasteiger partial charge in [-0.05, 0) is 55.4 Å². The number of rotatable bonds is 3. The van der Waals surface area contributed by atoms with E-state index in [-0.39, 0.29) is 17.5 Å². The number of H-pyrrole nitrogens is 1. The fourth-order valence-corrected chi connectivity index (χ4v) is 4.77. The maximum absolute atomic E-state index is 13.4. The number of aryl methyl sites for hydroxylation is 1. The molecule has 0 bridgehead atoms. The van der Waals surface area contributed by atoms with E-state index >= 15 is 0 Å². The van der Waals surface area contributed by atoms with Crippen LogP contribution in [0.15, 0.2) is 41.2 Å². The normalized spacial score (nSPS) is 20.9. The molecule has 1 aromatic heterocycles. The molecular formula is C22H23F3N2O2. The minimum Gasteiger partial charge on any atom is -0.348 e. The second kappa shape index (κ2) is 7.35. The van der Waals surface area contributed by atoms with Gasteiger partial charge in [0.15, 0.2) is 0 Å². The molecule has 1 aromatic carbocycles. The van der Waals surface area contributed by atoms with Gasteiger partial charge in [0.25, 0.3) is 0 Å². The van der Waals surface area contributed by atoms with Crippen LogP contribution in [0.25, 0.3) is 0 Å². The Balaban J connectivity index is 1.65. The molecule has 1 saturated carbocycles. The molecule has 1 heterocycles. The first-order valence-corrected chi connectivity index (χ1v) is 10.0. The summed E-state index contributed by atoms with van der Waals surface area (Å²) in [6, 6.07) is 8.12. The molecule has 1 atom stereocenters. The van der Waals surface area contributed by atoms with Crippen LogP contribution in [0.1, 0.15) is 67.0 Å². The van der Waals surface area contributed by atoms with Gasteiger partial charge in [-0.1, -0.05) is 31.0 Å². The molecule has 4 rings (SSSR count). The number of carbonyl (C=O) groups is 1. The highest BCUT2D eigenvalue weighted by atomic mass is 19.4. The van der Waals surface area contributed by atoms with Crippen molar-refractivity contribution in [2.24, 2.45) is 0 Å². The zero-order valence-electron chi connectivity index (χ0n) is 15.9. The predicted molar refractivity (Wildman–Crippen MR) is 102 cm³/mol. The first-order chi connectivity index (χ1) is 13.8. The third-order valence-corrected chi connectivity index (χ3v) is 6.27. The second-order valence-electron chi connectivity index (χ2n) is 8.04. The fraction of sp³-hybridized carbons (Fsp3) is 0.455. The third-order valence-electron chi connectivity index (χ3n) is 6.27. The molecule has 2 aliphatic carbocycles. The molecule has 1 unspecified atom stereocenters. The smallest absolute Gasteiger partial charge is 0.348 e. The molecule has 2 aromatic rings. The first kappa shape index (κ1) is 19.7. The van der Waals surface area contributed by atoms with Crippen LogP contribution in [-0.2, 0) is 22.8 Å². The largest absolute Gasteiger partial charge is 0.416 e. The summed E-state index contributed by atoms with van der Waals surface area (Å²) < 4.78 is 39.7. The number of nitrogens with one attached hydrogen (secondary N) is 2. The van der Waals surface area contributed by atoms with E-state index in [4.69, 9.17) is 0 Å². The summed E-state index contributed by atoms with van der Waals surface area (Å²) in [5.41, 5.74) is 0.303. The quantitative estimate of drug-likeness (QED) is 0.797. The number of aromatic amines is 1. The van der Waals surface area contributed by atoms with Crippen LogP contribution < -0.4 is 10.9 Å². The minimum atomic E-state index is -4.44. The Kier molecular flexibility index (Phi) is 5.00. The highest BCUT2D eigenvalue weighted by molar-refractivity contribution is 5.89. The fourth-order valence-electron chi connectivity index (χ4n) is 4.77. The van der Waals surface area contributed by atoms with Gasteiger partial charge < -0.3 is 10.3 Å². The predicted octanol–water partition coefficient (Wildman–Crippen LogP) is 4.40. The lowest BCUT2D eigenvalue weighted by molar-refractivity contribution is -0.138. The van der Waals surface area contributed by atoms with E-state index in [1.807, 2.05) is 0 Å². The molecule has 2 aliphatic rings. The summed E-state index contributed by atoms with van der Waals surface area (Å²) in [6.07, 6.45) is 0.544. The van der Waals surface area contributed by atoms with Crippen LogP contribution >= 0.6 is 0 Å². The number of carbonyl (C=O) groups excluding carboxylic acids is 1. The maximum Gasteiger partial charge on any atom is 0.416 e. The van der Waals surface area contributed by atoms with Gasteiger partial charge in [-0.15, -0.1) is 0 Å². The maximum atomic E-state index is 13.4. The second-order valence-corrected chi connectivity index (χ2v) is 8.04. The number of benzene rings is 1. The van der Waals surface area contributed by atoms with Crippen molar-refractivity contribution < 1.29 is 18.0 Å². The number of pyridine rings is 1. The molecule has 0 spiro atoms. The van der Waals surface area contributed by atoms with E-state index in [0.717, 1.165) is 55.5 Å². The van der Waals surface area contributed by atoms with Crippen molar-refractivity contribution in [2.45, 2.75) is 62.6 Å². The first-order valence-electron chi connectivity index (χ1n) is 10.0.